The van der Waals surface area contributed by atoms with Crippen LogP contribution in [-0.4, -0.2) is 54.8 Å². The highest BCUT2D eigenvalue weighted by molar-refractivity contribution is 5.80. The van der Waals surface area contributed by atoms with Crippen LogP contribution in [0.15, 0.2) is 54.9 Å². The summed E-state index contributed by atoms with van der Waals surface area (Å²) in [6.45, 7) is 5.35. The van der Waals surface area contributed by atoms with Crippen molar-refractivity contribution in [1.82, 2.24) is 14.8 Å². The third kappa shape index (κ3) is 5.44. The fourth-order valence-corrected chi connectivity index (χ4v) is 3.18. The summed E-state index contributed by atoms with van der Waals surface area (Å²) in [6.07, 6.45) is 5.59. The molecular weight excluding hydrogens is 314 g/mol. The smallest absolute Gasteiger partial charge is 0.243 e. The number of nitrogens with one attached hydrogen (secondary N) is 1. The van der Waals surface area contributed by atoms with Gasteiger partial charge in [-0.1, -0.05) is 30.3 Å². The van der Waals surface area contributed by atoms with E-state index in [9.17, 15) is 4.79 Å². The van der Waals surface area contributed by atoms with Crippen LogP contribution in [0.4, 0.5) is 0 Å². The largest absolute Gasteiger partial charge is 0.379 e. The minimum absolute atomic E-state index is 0.0852. The van der Waals surface area contributed by atoms with Crippen molar-refractivity contribution in [3.05, 3.63) is 60.4 Å². The summed E-state index contributed by atoms with van der Waals surface area (Å²) in [5, 5.41) is 3.11. The number of hydrogen-bond donors (Lipinski definition) is 1. The molecule has 5 nitrogen and oxygen atoms in total. The van der Waals surface area contributed by atoms with Gasteiger partial charge in [0.25, 0.3) is 0 Å². The van der Waals surface area contributed by atoms with E-state index >= 15 is 0 Å². The SMILES string of the molecule is O=C(NCCCN1CCOCC1)[C@H](Cc1ccccc1)n1cccc1. The van der Waals surface area contributed by atoms with Crippen LogP contribution < -0.4 is 5.32 Å². The van der Waals surface area contributed by atoms with Crippen LogP contribution >= 0.6 is 0 Å². The van der Waals surface area contributed by atoms with Crippen molar-refractivity contribution in [3.8, 4) is 0 Å². The zero-order chi connectivity index (χ0) is 17.3. The summed E-state index contributed by atoms with van der Waals surface area (Å²) in [4.78, 5) is 15.1. The van der Waals surface area contributed by atoms with Crippen molar-refractivity contribution in [2.45, 2.75) is 18.9 Å². The van der Waals surface area contributed by atoms with Crippen LogP contribution in [0, 0.1) is 0 Å². The first-order valence-corrected chi connectivity index (χ1v) is 9.07. The molecule has 0 saturated carbocycles. The molecule has 3 rings (SSSR count). The molecule has 1 N–H and O–H groups in total. The number of benzene rings is 1. The Morgan fingerprint density at radius 1 is 1.08 bits per heavy atom. The highest BCUT2D eigenvalue weighted by atomic mass is 16.5. The van der Waals surface area contributed by atoms with Gasteiger partial charge < -0.3 is 14.6 Å². The van der Waals surface area contributed by atoms with Crippen LogP contribution in [0.25, 0.3) is 0 Å². The molecule has 1 saturated heterocycles. The lowest BCUT2D eigenvalue weighted by atomic mass is 10.1. The van der Waals surface area contributed by atoms with Gasteiger partial charge >= 0.3 is 0 Å². The van der Waals surface area contributed by atoms with Gasteiger partial charge in [-0.15, -0.1) is 0 Å². The predicted molar refractivity (Wildman–Crippen MR) is 98.5 cm³/mol. The number of carbonyl (C=O) groups excluding carboxylic acids is 1. The van der Waals surface area contributed by atoms with E-state index in [1.54, 1.807) is 0 Å². The molecule has 5 heteroatoms. The first-order chi connectivity index (χ1) is 12.3. The summed E-state index contributed by atoms with van der Waals surface area (Å²) < 4.78 is 7.35. The Labute approximate surface area is 149 Å². The van der Waals surface area contributed by atoms with Gasteiger partial charge in [0.1, 0.15) is 6.04 Å². The van der Waals surface area contributed by atoms with Crippen molar-refractivity contribution in [3.63, 3.8) is 0 Å². The van der Waals surface area contributed by atoms with E-state index in [4.69, 9.17) is 4.74 Å². The van der Waals surface area contributed by atoms with Gasteiger partial charge in [-0.05, 0) is 30.7 Å². The average Bonchev–Trinajstić information content (AvgIpc) is 3.19. The maximum absolute atomic E-state index is 12.7. The summed E-state index contributed by atoms with van der Waals surface area (Å²) in [5.74, 6) is 0.0852. The van der Waals surface area contributed by atoms with E-state index in [0.717, 1.165) is 39.3 Å². The van der Waals surface area contributed by atoms with Gasteiger partial charge in [0.2, 0.25) is 5.91 Å². The molecule has 1 fully saturated rings. The quantitative estimate of drug-likeness (QED) is 0.748. The van der Waals surface area contributed by atoms with E-state index in [1.165, 1.54) is 5.56 Å². The maximum Gasteiger partial charge on any atom is 0.243 e. The lowest BCUT2D eigenvalue weighted by Gasteiger charge is -2.26. The zero-order valence-corrected chi connectivity index (χ0v) is 14.6. The van der Waals surface area contributed by atoms with Crippen LogP contribution in [0.1, 0.15) is 18.0 Å². The molecule has 0 aliphatic carbocycles. The topological polar surface area (TPSA) is 46.5 Å². The average molecular weight is 341 g/mol. The van der Waals surface area contributed by atoms with Crippen molar-refractivity contribution in [1.29, 1.82) is 0 Å². The number of hydrogen-bond acceptors (Lipinski definition) is 3. The highest BCUT2D eigenvalue weighted by Crippen LogP contribution is 2.15. The molecule has 1 aliphatic rings. The van der Waals surface area contributed by atoms with Crippen LogP contribution in [0.2, 0.25) is 0 Å². The zero-order valence-electron chi connectivity index (χ0n) is 14.6. The van der Waals surface area contributed by atoms with Gasteiger partial charge in [0.05, 0.1) is 13.2 Å². The molecule has 1 atom stereocenters. The van der Waals surface area contributed by atoms with E-state index in [2.05, 4.69) is 22.3 Å². The highest BCUT2D eigenvalue weighted by Gasteiger charge is 2.20. The van der Waals surface area contributed by atoms with E-state index in [-0.39, 0.29) is 11.9 Å². The Morgan fingerprint density at radius 2 is 1.80 bits per heavy atom. The monoisotopic (exact) mass is 341 g/mol. The molecule has 0 radical (unpaired) electrons. The third-order valence-corrected chi connectivity index (χ3v) is 4.62. The van der Waals surface area contributed by atoms with Crippen LogP contribution in [0.5, 0.6) is 0 Å². The van der Waals surface area contributed by atoms with Crippen LogP contribution in [-0.2, 0) is 16.0 Å². The number of amides is 1. The van der Waals surface area contributed by atoms with Crippen molar-refractivity contribution < 1.29 is 9.53 Å². The second-order valence-electron chi connectivity index (χ2n) is 6.43. The Hall–Kier alpha value is -2.11. The predicted octanol–water partition coefficient (Wildman–Crippen LogP) is 2.11. The van der Waals surface area contributed by atoms with Crippen molar-refractivity contribution in [2.75, 3.05) is 39.4 Å². The first kappa shape index (κ1) is 17.7. The summed E-state index contributed by atoms with van der Waals surface area (Å²) >= 11 is 0. The molecule has 2 aromatic rings. The summed E-state index contributed by atoms with van der Waals surface area (Å²) in [5.41, 5.74) is 1.17. The normalized spacial score (nSPS) is 16.5. The van der Waals surface area contributed by atoms with Gasteiger partial charge in [0.15, 0.2) is 0 Å². The molecule has 1 aromatic heterocycles. The molecule has 0 unspecified atom stereocenters. The number of carbonyl (C=O) groups is 1. The fraction of sp³-hybridized carbons (Fsp3) is 0.450. The molecule has 1 aliphatic heterocycles. The minimum atomic E-state index is -0.208. The second-order valence-corrected chi connectivity index (χ2v) is 6.43. The van der Waals surface area contributed by atoms with Gasteiger partial charge in [-0.2, -0.15) is 0 Å². The molecule has 25 heavy (non-hydrogen) atoms. The Bertz CT molecular complexity index is 622. The second kappa shape index (κ2) is 9.39. The Kier molecular flexibility index (Phi) is 6.65. The van der Waals surface area contributed by atoms with Gasteiger partial charge in [-0.3, -0.25) is 9.69 Å². The number of rotatable bonds is 8. The number of aromatic nitrogens is 1. The Balaban J connectivity index is 1.50. The number of nitrogens with zero attached hydrogens (tertiary/aromatic N) is 2. The minimum Gasteiger partial charge on any atom is -0.379 e. The molecule has 2 heterocycles. The Morgan fingerprint density at radius 3 is 2.52 bits per heavy atom. The molecule has 134 valence electrons. The van der Waals surface area contributed by atoms with Crippen LogP contribution in [0.3, 0.4) is 0 Å². The standard InChI is InChI=1S/C20H27N3O2/c24-20(21-9-6-10-22-13-15-25-16-14-22)19(23-11-4-5-12-23)17-18-7-2-1-3-8-18/h1-5,7-8,11-12,19H,6,9-10,13-17H2,(H,21,24)/t19-/m0/s1. The van der Waals surface area contributed by atoms with Crippen molar-refractivity contribution in [2.24, 2.45) is 0 Å². The fourth-order valence-electron chi connectivity index (χ4n) is 3.18. The molecular formula is C20H27N3O2. The molecule has 1 amide bonds. The maximum atomic E-state index is 12.7. The van der Waals surface area contributed by atoms with Gasteiger partial charge in [0, 0.05) is 38.4 Å². The van der Waals surface area contributed by atoms with E-state index in [0.29, 0.717) is 13.0 Å². The molecule has 1 aromatic carbocycles. The third-order valence-electron chi connectivity index (χ3n) is 4.62. The molecule has 0 spiro atoms. The lowest BCUT2D eigenvalue weighted by molar-refractivity contribution is -0.124. The molecule has 0 bridgehead atoms. The van der Waals surface area contributed by atoms with Gasteiger partial charge in [-0.25, -0.2) is 0 Å². The number of ether oxygens (including phenoxy) is 1. The summed E-state index contributed by atoms with van der Waals surface area (Å²) in [6, 6.07) is 13.9. The summed E-state index contributed by atoms with van der Waals surface area (Å²) in [7, 11) is 0. The lowest BCUT2D eigenvalue weighted by Crippen LogP contribution is -2.39. The number of morpholine rings is 1. The first-order valence-electron chi connectivity index (χ1n) is 9.07. The van der Waals surface area contributed by atoms with E-state index < -0.39 is 0 Å². The van der Waals surface area contributed by atoms with Crippen molar-refractivity contribution >= 4 is 5.91 Å². The van der Waals surface area contributed by atoms with E-state index in [1.807, 2.05) is 47.3 Å².